The van der Waals surface area contributed by atoms with E-state index in [1.165, 1.54) is 6.92 Å². The van der Waals surface area contributed by atoms with Crippen molar-refractivity contribution in [2.75, 3.05) is 0 Å². The van der Waals surface area contributed by atoms with Crippen LogP contribution in [0.3, 0.4) is 0 Å². The van der Waals surface area contributed by atoms with Gasteiger partial charge < -0.3 is 20.1 Å². The first-order valence-corrected chi connectivity index (χ1v) is 14.3. The predicted octanol–water partition coefficient (Wildman–Crippen LogP) is 5.67. The van der Waals surface area contributed by atoms with E-state index in [-0.39, 0.29) is 40.1 Å². The summed E-state index contributed by atoms with van der Waals surface area (Å²) >= 11 is 0. The second-order valence-corrected chi connectivity index (χ2v) is 13.6. The van der Waals surface area contributed by atoms with Crippen LogP contribution < -0.4 is 0 Å². The molecule has 10 atom stereocenters. The highest BCUT2D eigenvalue weighted by molar-refractivity contribution is 5.88. The Hall–Kier alpha value is -1.66. The molecule has 0 aromatic rings. The molecular weight excluding hydrogens is 468 g/mol. The first kappa shape index (κ1) is 28.4. The minimum atomic E-state index is -0.953. The number of aliphatic carboxylic acids is 1. The molecule has 4 rings (SSSR count). The average Bonchev–Trinajstić information content (AvgIpc) is 3.05. The van der Waals surface area contributed by atoms with E-state index in [0.29, 0.717) is 37.2 Å². The highest BCUT2D eigenvalue weighted by Crippen LogP contribution is 2.74. The van der Waals surface area contributed by atoms with Gasteiger partial charge in [-0.25, -0.2) is 4.79 Å². The lowest BCUT2D eigenvalue weighted by molar-refractivity contribution is -0.234. The van der Waals surface area contributed by atoms with Gasteiger partial charge >= 0.3 is 11.9 Å². The SMILES string of the molecule is CC(=O)O[C@H]1C[C@]2(C)[C@@H](C[C@@H](O)[C@H]3[C@@]4(C)CC[C@@H](O)[C@@H](C)[C@@H]4CC[C@]32C)/C1=C(\CCC=C(C)C)C(=O)O. The molecule has 4 aliphatic rings. The summed E-state index contributed by atoms with van der Waals surface area (Å²) < 4.78 is 5.87. The maximum Gasteiger partial charge on any atom is 0.331 e. The summed E-state index contributed by atoms with van der Waals surface area (Å²) in [4.78, 5) is 24.8. The first-order chi connectivity index (χ1) is 17.2. The first-order valence-electron chi connectivity index (χ1n) is 14.3. The number of hydrogen-bond acceptors (Lipinski definition) is 5. The van der Waals surface area contributed by atoms with Gasteiger partial charge in [-0.1, -0.05) is 39.3 Å². The van der Waals surface area contributed by atoms with Crippen molar-refractivity contribution >= 4 is 11.9 Å². The Morgan fingerprint density at radius 2 is 1.70 bits per heavy atom. The van der Waals surface area contributed by atoms with E-state index in [9.17, 15) is 24.9 Å². The predicted molar refractivity (Wildman–Crippen MR) is 143 cm³/mol. The molecule has 208 valence electrons. The topological polar surface area (TPSA) is 104 Å². The van der Waals surface area contributed by atoms with Crippen molar-refractivity contribution in [1.82, 2.24) is 0 Å². The van der Waals surface area contributed by atoms with Crippen LogP contribution in [0.25, 0.3) is 0 Å². The van der Waals surface area contributed by atoms with Gasteiger partial charge in [-0.2, -0.15) is 0 Å². The third-order valence-electron chi connectivity index (χ3n) is 11.6. The molecule has 0 amide bonds. The molecule has 3 N–H and O–H groups in total. The number of hydrogen-bond donors (Lipinski definition) is 3. The average molecular weight is 517 g/mol. The number of ether oxygens (including phenoxy) is 1. The number of carboxylic acid groups (broad SMARTS) is 1. The summed E-state index contributed by atoms with van der Waals surface area (Å²) in [7, 11) is 0. The zero-order chi connectivity index (χ0) is 27.5. The molecule has 0 spiro atoms. The summed E-state index contributed by atoms with van der Waals surface area (Å²) in [6, 6.07) is 0. The lowest BCUT2D eigenvalue weighted by Crippen LogP contribution is -2.65. The lowest BCUT2D eigenvalue weighted by Gasteiger charge is -2.69. The van der Waals surface area contributed by atoms with E-state index in [1.54, 1.807) is 0 Å². The fraction of sp³-hybridized carbons (Fsp3) is 0.806. The van der Waals surface area contributed by atoms with E-state index in [0.717, 1.165) is 36.8 Å². The lowest BCUT2D eigenvalue weighted by atomic mass is 9.36. The van der Waals surface area contributed by atoms with Gasteiger partial charge in [0.1, 0.15) is 6.10 Å². The van der Waals surface area contributed by atoms with Crippen molar-refractivity contribution in [2.24, 2.45) is 39.9 Å². The van der Waals surface area contributed by atoms with E-state index < -0.39 is 24.1 Å². The number of esters is 1. The third-order valence-corrected chi connectivity index (χ3v) is 11.6. The Balaban J connectivity index is 1.82. The van der Waals surface area contributed by atoms with E-state index >= 15 is 0 Å². The fourth-order valence-corrected chi connectivity index (χ4v) is 9.79. The zero-order valence-corrected chi connectivity index (χ0v) is 23.8. The second kappa shape index (κ2) is 9.82. The molecule has 0 aromatic carbocycles. The normalized spacial score (nSPS) is 46.2. The van der Waals surface area contributed by atoms with Crippen LogP contribution in [0.5, 0.6) is 0 Å². The number of allylic oxidation sites excluding steroid dienone is 2. The summed E-state index contributed by atoms with van der Waals surface area (Å²) in [5, 5.41) is 32.9. The van der Waals surface area contributed by atoms with Gasteiger partial charge in [0.2, 0.25) is 0 Å². The standard InChI is InChI=1S/C31H48O6/c1-17(2)9-8-10-20(28(35)36)26-22-15-24(34)27-29(5)13-12-23(33)18(3)21(29)11-14-30(27,6)31(22,7)16-25(26)37-19(4)32/h9,18,21-25,27,33-34H,8,10-16H2,1-7H3,(H,35,36)/b26-20-/t18-,21-,22-,23+,24+,25-,27-,29-,30+,31+/m0/s1. The van der Waals surface area contributed by atoms with Crippen LogP contribution in [0, 0.1) is 39.9 Å². The molecule has 0 saturated heterocycles. The van der Waals surface area contributed by atoms with Crippen molar-refractivity contribution in [3.63, 3.8) is 0 Å². The Bertz CT molecular complexity index is 994. The molecule has 6 nitrogen and oxygen atoms in total. The van der Waals surface area contributed by atoms with Crippen molar-refractivity contribution in [3.8, 4) is 0 Å². The third kappa shape index (κ3) is 4.40. The minimum absolute atomic E-state index is 0.0474. The molecule has 4 fully saturated rings. The van der Waals surface area contributed by atoms with Gasteiger partial charge in [0.25, 0.3) is 0 Å². The molecule has 0 heterocycles. The Morgan fingerprint density at radius 3 is 2.30 bits per heavy atom. The van der Waals surface area contributed by atoms with E-state index in [2.05, 4.69) is 27.7 Å². The van der Waals surface area contributed by atoms with Gasteiger partial charge in [-0.15, -0.1) is 0 Å². The van der Waals surface area contributed by atoms with Crippen LogP contribution in [0.4, 0.5) is 0 Å². The number of rotatable bonds is 5. The van der Waals surface area contributed by atoms with Gasteiger partial charge in [0.15, 0.2) is 0 Å². The molecule has 37 heavy (non-hydrogen) atoms. The smallest absolute Gasteiger partial charge is 0.331 e. The number of carboxylic acids is 1. The van der Waals surface area contributed by atoms with E-state index in [4.69, 9.17) is 4.74 Å². The molecule has 0 radical (unpaired) electrons. The van der Waals surface area contributed by atoms with Crippen LogP contribution in [0.2, 0.25) is 0 Å². The van der Waals surface area contributed by atoms with Crippen molar-refractivity contribution < 1.29 is 29.6 Å². The van der Waals surface area contributed by atoms with Crippen LogP contribution in [-0.2, 0) is 14.3 Å². The number of aliphatic hydroxyl groups excluding tert-OH is 2. The number of carbonyl (C=O) groups excluding carboxylic acids is 1. The van der Waals surface area contributed by atoms with Crippen LogP contribution in [0.15, 0.2) is 22.8 Å². The summed E-state index contributed by atoms with van der Waals surface area (Å²) in [5.74, 6) is -0.909. The largest absolute Gasteiger partial charge is 0.478 e. The van der Waals surface area contributed by atoms with Crippen molar-refractivity contribution in [2.45, 2.75) is 118 Å². The van der Waals surface area contributed by atoms with Crippen LogP contribution in [0.1, 0.15) is 99.8 Å². The number of fused-ring (bicyclic) bond motifs is 5. The van der Waals surface area contributed by atoms with Gasteiger partial charge in [0.05, 0.1) is 12.2 Å². The molecule has 0 aliphatic heterocycles. The maximum absolute atomic E-state index is 12.6. The Labute approximate surface area is 222 Å². The Kier molecular flexibility index (Phi) is 7.53. The van der Waals surface area contributed by atoms with Gasteiger partial charge in [-0.05, 0) is 111 Å². The fourth-order valence-electron chi connectivity index (χ4n) is 9.79. The molecule has 0 bridgehead atoms. The molecule has 4 aliphatic carbocycles. The zero-order valence-electron chi connectivity index (χ0n) is 23.8. The monoisotopic (exact) mass is 516 g/mol. The summed E-state index contributed by atoms with van der Waals surface area (Å²) in [6.07, 6.45) is 6.22. The van der Waals surface area contributed by atoms with Gasteiger partial charge in [0, 0.05) is 12.5 Å². The summed E-state index contributed by atoms with van der Waals surface area (Å²) in [5.41, 5.74) is 1.57. The quantitative estimate of drug-likeness (QED) is 0.247. The van der Waals surface area contributed by atoms with Crippen molar-refractivity contribution in [3.05, 3.63) is 22.8 Å². The van der Waals surface area contributed by atoms with E-state index in [1.807, 2.05) is 19.9 Å². The number of carbonyl (C=O) groups is 2. The molecule has 0 unspecified atom stereocenters. The maximum atomic E-state index is 12.6. The second-order valence-electron chi connectivity index (χ2n) is 13.6. The highest BCUT2D eigenvalue weighted by Gasteiger charge is 2.70. The molecule has 6 heteroatoms. The molecular formula is C31H48O6. The molecule has 0 aromatic heterocycles. The van der Waals surface area contributed by atoms with Crippen LogP contribution >= 0.6 is 0 Å². The molecule has 4 saturated carbocycles. The van der Waals surface area contributed by atoms with Crippen molar-refractivity contribution in [1.29, 1.82) is 0 Å². The van der Waals surface area contributed by atoms with Crippen LogP contribution in [-0.4, -0.2) is 45.6 Å². The summed E-state index contributed by atoms with van der Waals surface area (Å²) in [6.45, 7) is 14.5. The number of aliphatic hydroxyl groups is 2. The highest BCUT2D eigenvalue weighted by atomic mass is 16.5. The Morgan fingerprint density at radius 1 is 1.03 bits per heavy atom. The van der Waals surface area contributed by atoms with Gasteiger partial charge in [-0.3, -0.25) is 4.79 Å². The minimum Gasteiger partial charge on any atom is -0.478 e.